The van der Waals surface area contributed by atoms with Gasteiger partial charge in [-0.25, -0.2) is 14.8 Å². The smallest absolute Gasteiger partial charge is 0.433 e. The Labute approximate surface area is 258 Å². The van der Waals surface area contributed by atoms with Crippen LogP contribution in [-0.2, 0) is 17.5 Å². The molecule has 0 unspecified atom stereocenters. The average molecular weight is 628 g/mol. The van der Waals surface area contributed by atoms with Crippen molar-refractivity contribution in [1.82, 2.24) is 19.4 Å². The lowest BCUT2D eigenvalue weighted by Crippen LogP contribution is -2.42. The summed E-state index contributed by atoms with van der Waals surface area (Å²) in [5, 5.41) is 3.18. The third-order valence-electron chi connectivity index (χ3n) is 7.45. The number of para-hydroxylation sites is 2. The van der Waals surface area contributed by atoms with E-state index in [1.807, 2.05) is 45.0 Å². The first-order chi connectivity index (χ1) is 20.7. The van der Waals surface area contributed by atoms with Crippen molar-refractivity contribution in [3.63, 3.8) is 0 Å². The molecule has 1 saturated heterocycles. The summed E-state index contributed by atoms with van der Waals surface area (Å²) < 4.78 is 46.8. The predicted octanol–water partition coefficient (Wildman–Crippen LogP) is 7.98. The van der Waals surface area contributed by atoms with Gasteiger partial charge in [-0.2, -0.15) is 13.2 Å². The first-order valence-electron chi connectivity index (χ1n) is 14.3. The number of benzene rings is 2. The number of aryl methyl sites for hydroxylation is 1. The van der Waals surface area contributed by atoms with E-state index in [2.05, 4.69) is 14.9 Å². The predicted molar refractivity (Wildman–Crippen MR) is 163 cm³/mol. The molecule has 3 heterocycles. The fourth-order valence-electron chi connectivity index (χ4n) is 5.28. The summed E-state index contributed by atoms with van der Waals surface area (Å²) in [4.78, 5) is 35.8. The molecule has 1 N–H and O–H groups in total. The van der Waals surface area contributed by atoms with Crippen LogP contribution in [0.4, 0.5) is 23.7 Å². The van der Waals surface area contributed by atoms with Gasteiger partial charge in [-0.05, 0) is 88.9 Å². The van der Waals surface area contributed by atoms with Crippen molar-refractivity contribution < 1.29 is 27.5 Å². The summed E-state index contributed by atoms with van der Waals surface area (Å²) in [6.07, 6.45) is -3.34. The van der Waals surface area contributed by atoms with Gasteiger partial charge >= 0.3 is 12.3 Å². The number of aromatic nitrogens is 3. The Morgan fingerprint density at radius 2 is 1.73 bits per heavy atom. The van der Waals surface area contributed by atoms with Gasteiger partial charge in [0, 0.05) is 30.9 Å². The van der Waals surface area contributed by atoms with E-state index in [0.29, 0.717) is 41.7 Å². The minimum Gasteiger partial charge on any atom is -0.444 e. The molecule has 12 heteroatoms. The zero-order valence-electron chi connectivity index (χ0n) is 24.8. The summed E-state index contributed by atoms with van der Waals surface area (Å²) in [6.45, 7) is 8.72. The molecule has 8 nitrogen and oxygen atoms in total. The van der Waals surface area contributed by atoms with Crippen molar-refractivity contribution in [2.75, 3.05) is 18.4 Å². The highest BCUT2D eigenvalue weighted by molar-refractivity contribution is 6.33. The number of carbonyl (C=O) groups excluding carboxylic acids is 2. The van der Waals surface area contributed by atoms with Crippen LogP contribution < -0.4 is 5.32 Å². The summed E-state index contributed by atoms with van der Waals surface area (Å²) in [5.74, 6) is 0.290. The van der Waals surface area contributed by atoms with Crippen LogP contribution >= 0.6 is 11.6 Å². The van der Waals surface area contributed by atoms with Gasteiger partial charge in [0.25, 0.3) is 5.91 Å². The van der Waals surface area contributed by atoms with Gasteiger partial charge in [-0.15, -0.1) is 0 Å². The van der Waals surface area contributed by atoms with E-state index in [1.165, 1.54) is 6.92 Å². The highest BCUT2D eigenvalue weighted by atomic mass is 35.5. The van der Waals surface area contributed by atoms with Gasteiger partial charge in [0.1, 0.15) is 17.1 Å². The minimum absolute atomic E-state index is 0.0273. The first-order valence-corrected chi connectivity index (χ1v) is 14.7. The molecule has 0 spiro atoms. The number of hydrogen-bond donors (Lipinski definition) is 1. The third-order valence-corrected chi connectivity index (χ3v) is 7.78. The fourth-order valence-corrected chi connectivity index (χ4v) is 5.48. The molecule has 2 amide bonds. The Morgan fingerprint density at radius 3 is 2.39 bits per heavy atom. The number of rotatable bonds is 5. The van der Waals surface area contributed by atoms with E-state index in [-0.39, 0.29) is 23.3 Å². The zero-order chi connectivity index (χ0) is 31.8. The van der Waals surface area contributed by atoms with Gasteiger partial charge in [0.2, 0.25) is 0 Å². The maximum absolute atomic E-state index is 13.0. The summed E-state index contributed by atoms with van der Waals surface area (Å²) in [6, 6.07) is 14.6. The van der Waals surface area contributed by atoms with Crippen molar-refractivity contribution >= 4 is 40.3 Å². The van der Waals surface area contributed by atoms with Crippen molar-refractivity contribution in [2.45, 2.75) is 58.9 Å². The van der Waals surface area contributed by atoms with Gasteiger partial charge in [-0.1, -0.05) is 23.7 Å². The molecule has 5 rings (SSSR count). The average Bonchev–Trinajstić information content (AvgIpc) is 3.31. The van der Waals surface area contributed by atoms with Crippen molar-refractivity contribution in [1.29, 1.82) is 0 Å². The largest absolute Gasteiger partial charge is 0.444 e. The monoisotopic (exact) mass is 627 g/mol. The van der Waals surface area contributed by atoms with Gasteiger partial charge in [0.05, 0.1) is 27.3 Å². The molecule has 0 saturated carbocycles. The topological polar surface area (TPSA) is 89.4 Å². The van der Waals surface area contributed by atoms with E-state index in [0.717, 1.165) is 36.0 Å². The normalized spacial score (nSPS) is 14.6. The molecule has 2 aromatic heterocycles. The molecule has 1 fully saturated rings. The molecular formula is C32H33ClF3N5O3. The molecule has 1 aliphatic heterocycles. The number of fused-ring (bicyclic) bond motifs is 1. The van der Waals surface area contributed by atoms with Crippen molar-refractivity contribution in [3.8, 4) is 11.4 Å². The number of imidazole rings is 1. The lowest BCUT2D eigenvalue weighted by atomic mass is 9.96. The Hall–Kier alpha value is -4.12. The van der Waals surface area contributed by atoms with E-state index in [1.54, 1.807) is 23.1 Å². The second-order valence-electron chi connectivity index (χ2n) is 11.9. The number of alkyl halides is 3. The van der Waals surface area contributed by atoms with Crippen LogP contribution in [0, 0.1) is 12.8 Å². The van der Waals surface area contributed by atoms with Gasteiger partial charge < -0.3 is 19.5 Å². The molecule has 1 aliphatic rings. The standard InChI is InChI=1S/C32H33ClF3N5O3/c1-19-22(10-12-27(37-19)32(34,35)36)29(42)38-21-9-11-24(33)23(17-21)28-39-25-7-5-6-8-26(25)41(28)18-20-13-15-40(16-14-20)30(43)44-31(2,3)4/h5-12,17,20H,13-16,18H2,1-4H3,(H,38,42). The number of nitrogens with zero attached hydrogens (tertiary/aromatic N) is 4. The zero-order valence-corrected chi connectivity index (χ0v) is 25.6. The molecule has 232 valence electrons. The number of ether oxygens (including phenoxy) is 1. The van der Waals surface area contributed by atoms with Gasteiger partial charge in [0.15, 0.2) is 0 Å². The Morgan fingerprint density at radius 1 is 1.02 bits per heavy atom. The number of likely N-dealkylation sites (tertiary alicyclic amines) is 1. The van der Waals surface area contributed by atoms with Crippen molar-refractivity contribution in [3.05, 3.63) is 76.6 Å². The Balaban J connectivity index is 1.39. The number of pyridine rings is 1. The molecule has 4 aromatic rings. The van der Waals surface area contributed by atoms with E-state index < -0.39 is 23.4 Å². The summed E-state index contributed by atoms with van der Waals surface area (Å²) in [7, 11) is 0. The van der Waals surface area contributed by atoms with E-state index in [9.17, 15) is 22.8 Å². The summed E-state index contributed by atoms with van der Waals surface area (Å²) in [5.41, 5.74) is 1.08. The molecule has 0 aliphatic carbocycles. The van der Waals surface area contributed by atoms with Crippen LogP contribution in [0.25, 0.3) is 22.4 Å². The van der Waals surface area contributed by atoms with Crippen LogP contribution in [-0.4, -0.2) is 50.1 Å². The second-order valence-corrected chi connectivity index (χ2v) is 12.3. The molecular weight excluding hydrogens is 595 g/mol. The highest BCUT2D eigenvalue weighted by Crippen LogP contribution is 2.35. The second kappa shape index (κ2) is 12.1. The first kappa shape index (κ1) is 31.3. The van der Waals surface area contributed by atoms with Crippen LogP contribution in [0.1, 0.15) is 55.4 Å². The fraction of sp³-hybridized carbons (Fsp3) is 0.375. The van der Waals surface area contributed by atoms with Crippen molar-refractivity contribution in [2.24, 2.45) is 5.92 Å². The number of halogens is 4. The van der Waals surface area contributed by atoms with E-state index >= 15 is 0 Å². The number of carbonyl (C=O) groups is 2. The third kappa shape index (κ3) is 6.99. The maximum Gasteiger partial charge on any atom is 0.433 e. The highest BCUT2D eigenvalue weighted by Gasteiger charge is 2.33. The molecule has 0 atom stereocenters. The number of hydrogen-bond acceptors (Lipinski definition) is 5. The Bertz CT molecular complexity index is 1710. The molecule has 0 radical (unpaired) electrons. The SMILES string of the molecule is Cc1nc(C(F)(F)F)ccc1C(=O)Nc1ccc(Cl)c(-c2nc3ccccc3n2CC2CCN(C(=O)OC(C)(C)C)CC2)c1. The molecule has 0 bridgehead atoms. The minimum atomic E-state index is -4.61. The molecule has 2 aromatic carbocycles. The van der Waals surface area contributed by atoms with Gasteiger partial charge in [-0.3, -0.25) is 4.79 Å². The quantitative estimate of drug-likeness (QED) is 0.242. The van der Waals surface area contributed by atoms with Crippen LogP contribution in [0.15, 0.2) is 54.6 Å². The summed E-state index contributed by atoms with van der Waals surface area (Å²) >= 11 is 6.68. The number of anilines is 1. The van der Waals surface area contributed by atoms with E-state index in [4.69, 9.17) is 21.3 Å². The lowest BCUT2D eigenvalue weighted by Gasteiger charge is -2.33. The molecule has 44 heavy (non-hydrogen) atoms. The number of piperidine rings is 1. The van der Waals surface area contributed by atoms with Crippen LogP contribution in [0.3, 0.4) is 0 Å². The number of amides is 2. The lowest BCUT2D eigenvalue weighted by molar-refractivity contribution is -0.141. The maximum atomic E-state index is 13.0. The van der Waals surface area contributed by atoms with Crippen LogP contribution in [0.2, 0.25) is 5.02 Å². The number of nitrogens with one attached hydrogen (secondary N) is 1. The Kier molecular flexibility index (Phi) is 8.62. The van der Waals surface area contributed by atoms with Crippen LogP contribution in [0.5, 0.6) is 0 Å².